The van der Waals surface area contributed by atoms with Gasteiger partial charge in [-0.15, -0.1) is 0 Å². The zero-order chi connectivity index (χ0) is 20.1. The van der Waals surface area contributed by atoms with Crippen LogP contribution in [0.15, 0.2) is 47.4 Å². The summed E-state index contributed by atoms with van der Waals surface area (Å²) in [6.07, 6.45) is 0.640. The monoisotopic (exact) mass is 403 g/mol. The van der Waals surface area contributed by atoms with Crippen molar-refractivity contribution >= 4 is 21.7 Å². The van der Waals surface area contributed by atoms with Gasteiger partial charge in [-0.2, -0.15) is 4.31 Å². The van der Waals surface area contributed by atoms with Gasteiger partial charge in [0.05, 0.1) is 11.5 Å². The van der Waals surface area contributed by atoms with E-state index in [9.17, 15) is 13.2 Å². The molecule has 0 atom stereocenters. The molecule has 0 saturated heterocycles. The van der Waals surface area contributed by atoms with Gasteiger partial charge >= 0.3 is 6.03 Å². The summed E-state index contributed by atoms with van der Waals surface area (Å²) in [5.41, 5.74) is 3.64. The lowest BCUT2D eigenvalue weighted by Gasteiger charge is -2.28. The molecule has 0 saturated carbocycles. The van der Waals surface area contributed by atoms with Gasteiger partial charge in [0.2, 0.25) is 10.0 Å². The van der Waals surface area contributed by atoms with Crippen LogP contribution in [0.25, 0.3) is 0 Å². The maximum absolute atomic E-state index is 13.0. The van der Waals surface area contributed by atoms with Crippen molar-refractivity contribution in [2.45, 2.75) is 24.8 Å². The third-order valence-electron chi connectivity index (χ3n) is 4.69. The number of nitrogens with zero attached hydrogens (tertiary/aromatic N) is 1. The highest BCUT2D eigenvalue weighted by Crippen LogP contribution is 2.27. The first-order valence-electron chi connectivity index (χ1n) is 9.12. The second kappa shape index (κ2) is 8.72. The fourth-order valence-corrected chi connectivity index (χ4v) is 4.53. The number of anilines is 1. The van der Waals surface area contributed by atoms with E-state index in [-0.39, 0.29) is 12.6 Å². The molecular formula is C20H25N3O4S. The molecule has 0 unspecified atom stereocenters. The largest absolute Gasteiger partial charge is 0.383 e. The van der Waals surface area contributed by atoms with E-state index < -0.39 is 10.0 Å². The number of amides is 2. The minimum Gasteiger partial charge on any atom is -0.383 e. The second-order valence-electron chi connectivity index (χ2n) is 6.76. The van der Waals surface area contributed by atoms with Crippen LogP contribution in [0.4, 0.5) is 10.5 Å². The first-order chi connectivity index (χ1) is 13.4. The Kier molecular flexibility index (Phi) is 6.33. The van der Waals surface area contributed by atoms with Crippen molar-refractivity contribution in [3.63, 3.8) is 0 Å². The van der Waals surface area contributed by atoms with Crippen molar-refractivity contribution in [2.24, 2.45) is 0 Å². The number of methoxy groups -OCH3 is 1. The minimum absolute atomic E-state index is 0.284. The van der Waals surface area contributed by atoms with E-state index in [4.69, 9.17) is 4.74 Å². The molecule has 0 spiro atoms. The van der Waals surface area contributed by atoms with Crippen LogP contribution in [0.1, 0.15) is 16.7 Å². The number of fused-ring (bicyclic) bond motifs is 1. The molecule has 2 N–H and O–H groups in total. The zero-order valence-corrected chi connectivity index (χ0v) is 16.9. The summed E-state index contributed by atoms with van der Waals surface area (Å²) in [6.45, 7) is 3.49. The number of nitrogens with one attached hydrogen (secondary N) is 2. The molecule has 8 heteroatoms. The third-order valence-corrected chi connectivity index (χ3v) is 6.55. The van der Waals surface area contributed by atoms with E-state index in [1.54, 1.807) is 31.4 Å². The number of ether oxygens (including phenoxy) is 1. The van der Waals surface area contributed by atoms with Gasteiger partial charge in [0.15, 0.2) is 0 Å². The third kappa shape index (κ3) is 4.70. The maximum atomic E-state index is 13.0. The summed E-state index contributed by atoms with van der Waals surface area (Å²) in [5.74, 6) is 0. The molecule has 150 valence electrons. The molecule has 1 aliphatic heterocycles. The van der Waals surface area contributed by atoms with Crippen LogP contribution in [0.5, 0.6) is 0 Å². The number of rotatable bonds is 6. The van der Waals surface area contributed by atoms with Gasteiger partial charge in [0, 0.05) is 32.4 Å². The summed E-state index contributed by atoms with van der Waals surface area (Å²) in [4.78, 5) is 12.2. The van der Waals surface area contributed by atoms with Crippen molar-refractivity contribution in [1.82, 2.24) is 9.62 Å². The smallest absolute Gasteiger partial charge is 0.319 e. The predicted octanol–water partition coefficient (Wildman–Crippen LogP) is 2.51. The fourth-order valence-electron chi connectivity index (χ4n) is 3.12. The van der Waals surface area contributed by atoms with Gasteiger partial charge in [-0.05, 0) is 48.7 Å². The van der Waals surface area contributed by atoms with Crippen LogP contribution in [-0.2, 0) is 27.7 Å². The summed E-state index contributed by atoms with van der Waals surface area (Å²) < 4.78 is 32.3. The predicted molar refractivity (Wildman–Crippen MR) is 108 cm³/mol. The van der Waals surface area contributed by atoms with Crippen molar-refractivity contribution in [2.75, 3.05) is 32.1 Å². The van der Waals surface area contributed by atoms with Gasteiger partial charge in [0.25, 0.3) is 0 Å². The lowest BCUT2D eigenvalue weighted by molar-refractivity contribution is 0.198. The van der Waals surface area contributed by atoms with Gasteiger partial charge in [0.1, 0.15) is 0 Å². The fraction of sp³-hybridized carbons (Fsp3) is 0.350. The number of carbonyl (C=O) groups is 1. The number of benzene rings is 2. The number of carbonyl (C=O) groups excluding carboxylic acids is 1. The highest BCUT2D eigenvalue weighted by atomic mass is 32.2. The summed E-state index contributed by atoms with van der Waals surface area (Å²) in [6, 6.07) is 12.2. The second-order valence-corrected chi connectivity index (χ2v) is 8.70. The van der Waals surface area contributed by atoms with Gasteiger partial charge in [-0.1, -0.05) is 23.8 Å². The molecule has 0 fully saturated rings. The van der Waals surface area contributed by atoms with Crippen LogP contribution >= 0.6 is 0 Å². The average molecular weight is 404 g/mol. The number of sulfonamides is 1. The van der Waals surface area contributed by atoms with Crippen molar-refractivity contribution < 1.29 is 17.9 Å². The van der Waals surface area contributed by atoms with Crippen LogP contribution in [0.3, 0.4) is 0 Å². The Balaban J connectivity index is 1.73. The first-order valence-corrected chi connectivity index (χ1v) is 10.6. The molecule has 2 aromatic carbocycles. The molecule has 1 aliphatic rings. The normalized spacial score (nSPS) is 14.4. The Hall–Kier alpha value is -2.42. The van der Waals surface area contributed by atoms with Crippen LogP contribution < -0.4 is 10.6 Å². The van der Waals surface area contributed by atoms with E-state index in [0.29, 0.717) is 36.7 Å². The summed E-state index contributed by atoms with van der Waals surface area (Å²) in [7, 11) is -1.98. The van der Waals surface area contributed by atoms with Crippen molar-refractivity contribution in [1.29, 1.82) is 0 Å². The quantitative estimate of drug-likeness (QED) is 0.726. The van der Waals surface area contributed by atoms with Gasteiger partial charge in [-0.25, -0.2) is 13.2 Å². The Labute approximate surface area is 165 Å². The molecule has 2 aromatic rings. The molecule has 2 amide bonds. The summed E-state index contributed by atoms with van der Waals surface area (Å²) >= 11 is 0. The van der Waals surface area contributed by atoms with Crippen LogP contribution in [-0.4, -0.2) is 45.6 Å². The topological polar surface area (TPSA) is 87.7 Å². The minimum atomic E-state index is -3.55. The SMILES string of the molecule is COCCNC(=O)Nc1ccc2c(c1)CN(S(=O)(=O)c1ccc(C)cc1)CC2. The highest BCUT2D eigenvalue weighted by Gasteiger charge is 2.28. The van der Waals surface area contributed by atoms with E-state index in [1.165, 1.54) is 4.31 Å². The molecule has 7 nitrogen and oxygen atoms in total. The zero-order valence-electron chi connectivity index (χ0n) is 16.1. The average Bonchev–Trinajstić information content (AvgIpc) is 2.68. The van der Waals surface area contributed by atoms with Crippen LogP contribution in [0, 0.1) is 6.92 Å². The molecule has 28 heavy (non-hydrogen) atoms. The summed E-state index contributed by atoms with van der Waals surface area (Å²) in [5, 5.41) is 5.46. The first kappa shape index (κ1) is 20.3. The maximum Gasteiger partial charge on any atom is 0.319 e. The van der Waals surface area contributed by atoms with Crippen LogP contribution in [0.2, 0.25) is 0 Å². The van der Waals surface area contributed by atoms with Crippen molar-refractivity contribution in [3.8, 4) is 0 Å². The number of aryl methyl sites for hydroxylation is 1. The molecule has 3 rings (SSSR count). The van der Waals surface area contributed by atoms with E-state index >= 15 is 0 Å². The molecule has 0 bridgehead atoms. The standard InChI is InChI=1S/C20H25N3O4S/c1-15-3-7-19(8-4-15)28(25,26)23-11-9-16-5-6-18(13-17(16)14-23)22-20(24)21-10-12-27-2/h3-8,13H,9-12,14H2,1-2H3,(H2,21,22,24). The van der Waals surface area contributed by atoms with E-state index in [0.717, 1.165) is 16.7 Å². The van der Waals surface area contributed by atoms with Gasteiger partial charge < -0.3 is 15.4 Å². The molecule has 1 heterocycles. The Bertz CT molecular complexity index is 942. The van der Waals surface area contributed by atoms with E-state index in [2.05, 4.69) is 10.6 Å². The lowest BCUT2D eigenvalue weighted by Crippen LogP contribution is -2.36. The molecule has 0 aromatic heterocycles. The van der Waals surface area contributed by atoms with Gasteiger partial charge in [-0.3, -0.25) is 0 Å². The van der Waals surface area contributed by atoms with Crippen molar-refractivity contribution in [3.05, 3.63) is 59.2 Å². The van der Waals surface area contributed by atoms with E-state index in [1.807, 2.05) is 25.1 Å². The Morgan fingerprint density at radius 2 is 1.89 bits per heavy atom. The molecule has 0 radical (unpaired) electrons. The Morgan fingerprint density at radius 3 is 2.61 bits per heavy atom. The Morgan fingerprint density at radius 1 is 1.14 bits per heavy atom. The molecular weight excluding hydrogens is 378 g/mol. The number of hydrogen-bond acceptors (Lipinski definition) is 4. The number of hydrogen-bond donors (Lipinski definition) is 2. The lowest BCUT2D eigenvalue weighted by atomic mass is 10.0. The number of urea groups is 1. The molecule has 0 aliphatic carbocycles. The highest BCUT2D eigenvalue weighted by molar-refractivity contribution is 7.89.